The van der Waals surface area contributed by atoms with Gasteiger partial charge < -0.3 is 10.8 Å². The van der Waals surface area contributed by atoms with E-state index in [0.717, 1.165) is 0 Å². The number of aliphatic hydroxyl groups is 1. The highest BCUT2D eigenvalue weighted by molar-refractivity contribution is 5.79. The van der Waals surface area contributed by atoms with E-state index in [1.54, 1.807) is 0 Å². The number of hydrogen-bond acceptors (Lipinski definition) is 2. The van der Waals surface area contributed by atoms with Gasteiger partial charge in [0.2, 0.25) is 0 Å². The molecule has 1 aliphatic rings. The Kier molecular flexibility index (Phi) is 2.51. The largest absolute Gasteiger partial charge is 0.388 e. The third-order valence-electron chi connectivity index (χ3n) is 3.87. The van der Waals surface area contributed by atoms with Crippen molar-refractivity contribution in [2.24, 2.45) is 5.73 Å². The van der Waals surface area contributed by atoms with Gasteiger partial charge in [0, 0.05) is 12.5 Å². The van der Waals surface area contributed by atoms with Gasteiger partial charge in [-0.3, -0.25) is 0 Å². The predicted octanol–water partition coefficient (Wildman–Crippen LogP) is 2.51. The maximum Gasteiger partial charge on any atom is 0.0850 e. The zero-order valence-electron chi connectivity index (χ0n) is 10.4. The second-order valence-electron chi connectivity index (χ2n) is 5.17. The zero-order valence-corrected chi connectivity index (χ0v) is 10.4. The smallest absolute Gasteiger partial charge is 0.0850 e. The Bertz CT molecular complexity index is 544. The summed E-state index contributed by atoms with van der Waals surface area (Å²) in [6.07, 6.45) is 0. The molecule has 0 aromatic heterocycles. The topological polar surface area (TPSA) is 46.2 Å². The van der Waals surface area contributed by atoms with E-state index in [1.807, 2.05) is 31.2 Å². The van der Waals surface area contributed by atoms with E-state index >= 15 is 0 Å². The molecule has 0 bridgehead atoms. The lowest BCUT2D eigenvalue weighted by molar-refractivity contribution is 0.0531. The van der Waals surface area contributed by atoms with E-state index in [4.69, 9.17) is 5.73 Å². The van der Waals surface area contributed by atoms with Gasteiger partial charge in [0.05, 0.1) is 5.60 Å². The first-order valence-corrected chi connectivity index (χ1v) is 6.26. The maximum atomic E-state index is 10.6. The van der Waals surface area contributed by atoms with Gasteiger partial charge in [0.15, 0.2) is 0 Å². The molecular weight excluding hydrogens is 222 g/mol. The minimum atomic E-state index is -0.914. The Morgan fingerprint density at radius 3 is 1.89 bits per heavy atom. The van der Waals surface area contributed by atoms with E-state index in [9.17, 15) is 5.11 Å². The summed E-state index contributed by atoms with van der Waals surface area (Å²) in [5, 5.41) is 10.6. The summed E-state index contributed by atoms with van der Waals surface area (Å²) in [6.45, 7) is 2.07. The van der Waals surface area contributed by atoms with Gasteiger partial charge in [0.25, 0.3) is 0 Å². The highest BCUT2D eigenvalue weighted by Gasteiger charge is 2.39. The predicted molar refractivity (Wildman–Crippen MR) is 73.4 cm³/mol. The second-order valence-corrected chi connectivity index (χ2v) is 5.17. The molecule has 3 rings (SSSR count). The fourth-order valence-corrected chi connectivity index (χ4v) is 2.94. The quantitative estimate of drug-likeness (QED) is 0.846. The van der Waals surface area contributed by atoms with Crippen molar-refractivity contribution in [3.8, 4) is 11.1 Å². The third kappa shape index (κ3) is 1.50. The molecule has 0 radical (unpaired) electrons. The van der Waals surface area contributed by atoms with Crippen LogP contribution in [-0.4, -0.2) is 17.3 Å². The highest BCUT2D eigenvalue weighted by Crippen LogP contribution is 2.48. The summed E-state index contributed by atoms with van der Waals surface area (Å²) >= 11 is 0. The summed E-state index contributed by atoms with van der Waals surface area (Å²) in [4.78, 5) is 0. The molecule has 0 spiro atoms. The molecule has 2 nitrogen and oxygen atoms in total. The van der Waals surface area contributed by atoms with Crippen LogP contribution in [0.2, 0.25) is 0 Å². The van der Waals surface area contributed by atoms with Crippen LogP contribution >= 0.6 is 0 Å². The van der Waals surface area contributed by atoms with E-state index in [0.29, 0.717) is 0 Å². The van der Waals surface area contributed by atoms with Crippen molar-refractivity contribution < 1.29 is 5.11 Å². The lowest BCUT2D eigenvalue weighted by Gasteiger charge is -2.30. The first-order valence-electron chi connectivity index (χ1n) is 6.26. The molecule has 0 saturated carbocycles. The molecule has 2 aromatic carbocycles. The zero-order chi connectivity index (χ0) is 12.8. The van der Waals surface area contributed by atoms with Crippen LogP contribution in [0.3, 0.4) is 0 Å². The summed E-state index contributed by atoms with van der Waals surface area (Å²) in [5.41, 5.74) is 9.62. The van der Waals surface area contributed by atoms with Crippen LogP contribution in [0.15, 0.2) is 48.5 Å². The number of rotatable bonds is 2. The van der Waals surface area contributed by atoms with Gasteiger partial charge in [-0.1, -0.05) is 48.5 Å². The third-order valence-corrected chi connectivity index (χ3v) is 3.87. The number of benzene rings is 2. The first-order chi connectivity index (χ1) is 8.65. The van der Waals surface area contributed by atoms with Gasteiger partial charge in [-0.15, -0.1) is 0 Å². The van der Waals surface area contributed by atoms with Crippen LogP contribution in [0.1, 0.15) is 24.0 Å². The van der Waals surface area contributed by atoms with Crippen molar-refractivity contribution in [3.05, 3.63) is 59.7 Å². The highest BCUT2D eigenvalue weighted by atomic mass is 16.3. The van der Waals surface area contributed by atoms with Crippen LogP contribution in [0, 0.1) is 0 Å². The summed E-state index contributed by atoms with van der Waals surface area (Å²) in [5.74, 6) is -0.0325. The molecule has 18 heavy (non-hydrogen) atoms. The normalized spacial score (nSPS) is 17.1. The monoisotopic (exact) mass is 239 g/mol. The molecule has 2 heteroatoms. The van der Waals surface area contributed by atoms with Gasteiger partial charge in [-0.05, 0) is 29.2 Å². The van der Waals surface area contributed by atoms with Crippen molar-refractivity contribution in [3.63, 3.8) is 0 Å². The fraction of sp³-hybridized carbons (Fsp3) is 0.250. The van der Waals surface area contributed by atoms with Crippen LogP contribution in [-0.2, 0) is 0 Å². The number of nitrogens with two attached hydrogens (primary N) is 1. The first kappa shape index (κ1) is 11.5. The second kappa shape index (κ2) is 3.94. The van der Waals surface area contributed by atoms with Crippen LogP contribution in [0.4, 0.5) is 0 Å². The Morgan fingerprint density at radius 2 is 1.44 bits per heavy atom. The van der Waals surface area contributed by atoms with Crippen LogP contribution in [0.5, 0.6) is 0 Å². The molecule has 0 heterocycles. The van der Waals surface area contributed by atoms with Crippen molar-refractivity contribution in [1.29, 1.82) is 0 Å². The molecule has 1 atom stereocenters. The molecule has 2 aromatic rings. The van der Waals surface area contributed by atoms with Crippen LogP contribution in [0.25, 0.3) is 11.1 Å². The summed E-state index contributed by atoms with van der Waals surface area (Å²) in [6, 6.07) is 16.5. The average Bonchev–Trinajstić information content (AvgIpc) is 2.74. The van der Waals surface area contributed by atoms with Crippen molar-refractivity contribution in [2.75, 3.05) is 6.54 Å². The van der Waals surface area contributed by atoms with E-state index in [2.05, 4.69) is 24.3 Å². The molecule has 0 saturated heterocycles. The van der Waals surface area contributed by atoms with Gasteiger partial charge in [0.1, 0.15) is 0 Å². The van der Waals surface area contributed by atoms with Gasteiger partial charge in [-0.25, -0.2) is 0 Å². The van der Waals surface area contributed by atoms with Gasteiger partial charge >= 0.3 is 0 Å². The van der Waals surface area contributed by atoms with Crippen molar-refractivity contribution in [1.82, 2.24) is 0 Å². The number of hydrogen-bond donors (Lipinski definition) is 2. The molecule has 92 valence electrons. The van der Waals surface area contributed by atoms with Crippen LogP contribution < -0.4 is 5.73 Å². The standard InChI is InChI=1S/C16H17NO/c1-16(18,10-17)15-13-8-4-2-6-11(13)12-7-3-5-9-14(12)15/h2-9,15,18H,10,17H2,1H3. The Morgan fingerprint density at radius 1 is 1.00 bits per heavy atom. The summed E-state index contributed by atoms with van der Waals surface area (Å²) in [7, 11) is 0. The fourth-order valence-electron chi connectivity index (χ4n) is 2.94. The molecule has 1 aliphatic carbocycles. The van der Waals surface area contributed by atoms with Crippen molar-refractivity contribution in [2.45, 2.75) is 18.4 Å². The van der Waals surface area contributed by atoms with E-state index in [-0.39, 0.29) is 12.5 Å². The Balaban J connectivity index is 2.27. The molecule has 1 unspecified atom stereocenters. The molecule has 0 aliphatic heterocycles. The Labute approximate surface area is 107 Å². The minimum Gasteiger partial charge on any atom is -0.388 e. The van der Waals surface area contributed by atoms with E-state index in [1.165, 1.54) is 22.3 Å². The average molecular weight is 239 g/mol. The SMILES string of the molecule is CC(O)(CN)C1c2ccccc2-c2ccccc21. The number of fused-ring (bicyclic) bond motifs is 3. The minimum absolute atomic E-state index is 0.0325. The molecular formula is C16H17NO. The van der Waals surface area contributed by atoms with E-state index < -0.39 is 5.60 Å². The molecule has 0 amide bonds. The lowest BCUT2D eigenvalue weighted by atomic mass is 9.82. The van der Waals surface area contributed by atoms with Crippen molar-refractivity contribution >= 4 is 0 Å². The molecule has 3 N–H and O–H groups in total. The molecule has 0 fully saturated rings. The lowest BCUT2D eigenvalue weighted by Crippen LogP contribution is -2.40. The summed E-state index contributed by atoms with van der Waals surface area (Å²) < 4.78 is 0. The van der Waals surface area contributed by atoms with Gasteiger partial charge in [-0.2, -0.15) is 0 Å². The Hall–Kier alpha value is -1.64. The maximum absolute atomic E-state index is 10.6.